The second-order valence-electron chi connectivity index (χ2n) is 4.60. The molecule has 1 atom stereocenters. The van der Waals surface area contributed by atoms with Crippen molar-refractivity contribution in [2.75, 3.05) is 6.61 Å². The number of rotatable bonds is 6. The summed E-state index contributed by atoms with van der Waals surface area (Å²) in [5.74, 6) is -0.351. The van der Waals surface area contributed by atoms with Crippen LogP contribution in [0.1, 0.15) is 17.3 Å². The number of hydrogen-bond acceptors (Lipinski definition) is 4. The molecule has 0 aromatic heterocycles. The summed E-state index contributed by atoms with van der Waals surface area (Å²) in [5, 5.41) is 0.581. The molecule has 0 aliphatic carbocycles. The predicted molar refractivity (Wildman–Crippen MR) is 83.3 cm³/mol. The van der Waals surface area contributed by atoms with Crippen molar-refractivity contribution in [1.82, 2.24) is 0 Å². The summed E-state index contributed by atoms with van der Waals surface area (Å²) in [6, 6.07) is 15.3. The first-order valence-electron chi connectivity index (χ1n) is 6.73. The van der Waals surface area contributed by atoms with Crippen molar-refractivity contribution in [3.8, 4) is 5.75 Å². The van der Waals surface area contributed by atoms with Crippen LogP contribution in [-0.4, -0.2) is 24.5 Å². The van der Waals surface area contributed by atoms with Crippen LogP contribution >= 0.6 is 11.6 Å². The Morgan fingerprint density at radius 3 is 2.32 bits per heavy atom. The summed E-state index contributed by atoms with van der Waals surface area (Å²) in [4.78, 5) is 23.8. The number of Topliss-reactive ketones (excluding diaryl/α,β-unsaturated/α-hetero) is 1. The van der Waals surface area contributed by atoms with E-state index in [1.54, 1.807) is 48.5 Å². The average molecular weight is 319 g/mol. The molecular formula is C17H15ClO4. The minimum atomic E-state index is -0.858. The molecule has 0 spiro atoms. The molecule has 5 heteroatoms. The molecule has 0 aliphatic heterocycles. The van der Waals surface area contributed by atoms with Gasteiger partial charge in [-0.1, -0.05) is 41.9 Å². The molecular weight excluding hydrogens is 304 g/mol. The quantitative estimate of drug-likeness (QED) is 0.604. The summed E-state index contributed by atoms with van der Waals surface area (Å²) in [6.07, 6.45) is -0.858. The highest BCUT2D eigenvalue weighted by atomic mass is 35.5. The number of halogens is 1. The molecule has 0 N–H and O–H groups in total. The van der Waals surface area contributed by atoms with E-state index in [1.165, 1.54) is 6.92 Å². The minimum Gasteiger partial charge on any atom is -0.482 e. The van der Waals surface area contributed by atoms with Gasteiger partial charge >= 0.3 is 5.97 Å². The highest BCUT2D eigenvalue weighted by molar-refractivity contribution is 6.30. The molecule has 2 aromatic rings. The summed E-state index contributed by atoms with van der Waals surface area (Å²) in [6.45, 7) is 1.27. The van der Waals surface area contributed by atoms with Gasteiger partial charge in [0.25, 0.3) is 0 Å². The van der Waals surface area contributed by atoms with Crippen molar-refractivity contribution in [3.63, 3.8) is 0 Å². The maximum absolute atomic E-state index is 12.1. The van der Waals surface area contributed by atoms with Gasteiger partial charge in [0.2, 0.25) is 5.78 Å². The molecule has 0 saturated carbocycles. The second-order valence-corrected chi connectivity index (χ2v) is 5.04. The van der Waals surface area contributed by atoms with Crippen LogP contribution in [0.15, 0.2) is 54.6 Å². The Morgan fingerprint density at radius 1 is 1.05 bits per heavy atom. The SMILES string of the molecule is CC(OC(=O)COc1ccc(Cl)cc1)C(=O)c1ccccc1. The Bertz CT molecular complexity index is 637. The first kappa shape index (κ1) is 16.0. The molecule has 114 valence electrons. The van der Waals surface area contributed by atoms with Crippen LogP contribution in [0.25, 0.3) is 0 Å². The smallest absolute Gasteiger partial charge is 0.344 e. The predicted octanol–water partition coefficient (Wildman–Crippen LogP) is 3.53. The lowest BCUT2D eigenvalue weighted by Gasteiger charge is -2.12. The Morgan fingerprint density at radius 2 is 1.68 bits per heavy atom. The van der Waals surface area contributed by atoms with E-state index in [9.17, 15) is 9.59 Å². The number of ether oxygens (including phenoxy) is 2. The molecule has 2 aromatic carbocycles. The normalized spacial score (nSPS) is 11.5. The number of carbonyl (C=O) groups is 2. The van der Waals surface area contributed by atoms with Gasteiger partial charge in [0.1, 0.15) is 5.75 Å². The Labute approximate surface area is 133 Å². The van der Waals surface area contributed by atoms with E-state index in [0.29, 0.717) is 16.3 Å². The largest absolute Gasteiger partial charge is 0.482 e. The minimum absolute atomic E-state index is 0.250. The Kier molecular flexibility index (Phi) is 5.55. The fourth-order valence-electron chi connectivity index (χ4n) is 1.79. The number of benzene rings is 2. The van der Waals surface area contributed by atoms with E-state index in [-0.39, 0.29) is 12.4 Å². The lowest BCUT2D eigenvalue weighted by molar-refractivity contribution is -0.148. The van der Waals surface area contributed by atoms with E-state index >= 15 is 0 Å². The number of esters is 1. The lowest BCUT2D eigenvalue weighted by atomic mass is 10.1. The third kappa shape index (κ3) is 4.60. The van der Waals surface area contributed by atoms with E-state index in [0.717, 1.165) is 0 Å². The lowest BCUT2D eigenvalue weighted by Crippen LogP contribution is -2.27. The summed E-state index contributed by atoms with van der Waals surface area (Å²) < 4.78 is 10.3. The summed E-state index contributed by atoms with van der Waals surface area (Å²) in [7, 11) is 0. The number of carbonyl (C=O) groups excluding carboxylic acids is 2. The van der Waals surface area contributed by atoms with E-state index in [2.05, 4.69) is 0 Å². The molecule has 0 fully saturated rings. The van der Waals surface area contributed by atoms with Gasteiger partial charge in [-0.15, -0.1) is 0 Å². The van der Waals surface area contributed by atoms with Crippen molar-refractivity contribution in [2.45, 2.75) is 13.0 Å². The maximum Gasteiger partial charge on any atom is 0.344 e. The van der Waals surface area contributed by atoms with Gasteiger partial charge in [0.05, 0.1) is 0 Å². The number of ketones is 1. The molecule has 22 heavy (non-hydrogen) atoms. The third-order valence-electron chi connectivity index (χ3n) is 2.91. The Hall–Kier alpha value is -2.33. The van der Waals surface area contributed by atoms with E-state index < -0.39 is 12.1 Å². The molecule has 2 rings (SSSR count). The topological polar surface area (TPSA) is 52.6 Å². The first-order valence-corrected chi connectivity index (χ1v) is 7.11. The molecule has 4 nitrogen and oxygen atoms in total. The second kappa shape index (κ2) is 7.61. The first-order chi connectivity index (χ1) is 10.6. The van der Waals surface area contributed by atoms with Crippen molar-refractivity contribution in [2.24, 2.45) is 0 Å². The average Bonchev–Trinajstić information content (AvgIpc) is 2.54. The molecule has 0 radical (unpaired) electrons. The highest BCUT2D eigenvalue weighted by Crippen LogP contribution is 2.15. The zero-order valence-electron chi connectivity index (χ0n) is 12.0. The van der Waals surface area contributed by atoms with E-state index in [4.69, 9.17) is 21.1 Å². The summed E-state index contributed by atoms with van der Waals surface area (Å²) in [5.41, 5.74) is 0.501. The van der Waals surface area contributed by atoms with Gasteiger partial charge in [0.15, 0.2) is 12.7 Å². The van der Waals surface area contributed by atoms with Crippen LogP contribution < -0.4 is 4.74 Å². The molecule has 0 aliphatic rings. The van der Waals surface area contributed by atoms with Crippen LogP contribution in [0.5, 0.6) is 5.75 Å². The summed E-state index contributed by atoms with van der Waals surface area (Å²) >= 11 is 5.75. The maximum atomic E-state index is 12.1. The molecule has 0 amide bonds. The molecule has 0 bridgehead atoms. The van der Waals surface area contributed by atoms with Gasteiger partial charge < -0.3 is 9.47 Å². The van der Waals surface area contributed by atoms with Crippen LogP contribution in [0.3, 0.4) is 0 Å². The van der Waals surface area contributed by atoms with E-state index in [1.807, 2.05) is 6.07 Å². The fraction of sp³-hybridized carbons (Fsp3) is 0.176. The van der Waals surface area contributed by atoms with Gasteiger partial charge in [0, 0.05) is 10.6 Å². The van der Waals surface area contributed by atoms with Gasteiger partial charge in [-0.2, -0.15) is 0 Å². The number of hydrogen-bond donors (Lipinski definition) is 0. The van der Waals surface area contributed by atoms with Gasteiger partial charge in [-0.3, -0.25) is 4.79 Å². The van der Waals surface area contributed by atoms with Crippen molar-refractivity contribution < 1.29 is 19.1 Å². The standard InChI is InChI=1S/C17H15ClO4/c1-12(17(20)13-5-3-2-4-6-13)22-16(19)11-21-15-9-7-14(18)8-10-15/h2-10,12H,11H2,1H3. The van der Waals surface area contributed by atoms with Crippen molar-refractivity contribution in [3.05, 3.63) is 65.2 Å². The monoisotopic (exact) mass is 318 g/mol. The molecule has 0 heterocycles. The van der Waals surface area contributed by atoms with Gasteiger partial charge in [-0.05, 0) is 31.2 Å². The Balaban J connectivity index is 1.83. The zero-order valence-corrected chi connectivity index (χ0v) is 12.7. The van der Waals surface area contributed by atoms with Crippen molar-refractivity contribution in [1.29, 1.82) is 0 Å². The van der Waals surface area contributed by atoms with Crippen molar-refractivity contribution >= 4 is 23.4 Å². The van der Waals surface area contributed by atoms with Crippen LogP contribution in [-0.2, 0) is 9.53 Å². The molecule has 0 saturated heterocycles. The van der Waals surface area contributed by atoms with Crippen LogP contribution in [0.2, 0.25) is 5.02 Å². The highest BCUT2D eigenvalue weighted by Gasteiger charge is 2.19. The molecule has 1 unspecified atom stereocenters. The van der Waals surface area contributed by atoms with Crippen LogP contribution in [0.4, 0.5) is 0 Å². The fourth-order valence-corrected chi connectivity index (χ4v) is 1.92. The van der Waals surface area contributed by atoms with Crippen LogP contribution in [0, 0.1) is 0 Å². The van der Waals surface area contributed by atoms with Gasteiger partial charge in [-0.25, -0.2) is 4.79 Å². The third-order valence-corrected chi connectivity index (χ3v) is 3.16. The zero-order chi connectivity index (χ0) is 15.9.